The van der Waals surface area contributed by atoms with Gasteiger partial charge in [0.25, 0.3) is 0 Å². The molecule has 12 heteroatoms. The second-order valence-electron chi connectivity index (χ2n) is 8.97. The van der Waals surface area contributed by atoms with Crippen molar-refractivity contribution in [1.29, 1.82) is 0 Å². The lowest BCUT2D eigenvalue weighted by Crippen LogP contribution is -2.47. The Hall–Kier alpha value is -3.93. The first-order valence-electron chi connectivity index (χ1n) is 12.1. The smallest absolute Gasteiger partial charge is 0.406 e. The van der Waals surface area contributed by atoms with Crippen LogP contribution in [0, 0.1) is 0 Å². The van der Waals surface area contributed by atoms with E-state index in [1.165, 1.54) is 43.3 Å². The van der Waals surface area contributed by atoms with Crippen molar-refractivity contribution in [2.24, 2.45) is 0 Å². The van der Waals surface area contributed by atoms with Crippen molar-refractivity contribution in [3.05, 3.63) is 95.6 Å². The van der Waals surface area contributed by atoms with Gasteiger partial charge in [0.05, 0.1) is 6.61 Å². The third-order valence-corrected chi connectivity index (χ3v) is 6.11. The molecule has 1 N–H and O–H groups in total. The number of benzene rings is 3. The average molecular weight is 571 g/mol. The van der Waals surface area contributed by atoms with Crippen molar-refractivity contribution in [3.8, 4) is 11.5 Å². The van der Waals surface area contributed by atoms with Gasteiger partial charge >= 0.3 is 18.8 Å². The first kappa shape index (κ1) is 30.6. The molecular formula is C28H28F6N2O4. The maximum absolute atomic E-state index is 13.1. The minimum Gasteiger partial charge on any atom is -0.406 e. The maximum Gasteiger partial charge on any atom is 0.573 e. The summed E-state index contributed by atoms with van der Waals surface area (Å²) in [6, 6.07) is 18.6. The molecule has 0 saturated heterocycles. The number of likely N-dealkylation sites (N-methyl/N-ethyl adjacent to an activating group) is 1. The molecule has 40 heavy (non-hydrogen) atoms. The number of nitrogens with zero attached hydrogens (tertiary/aromatic N) is 1. The quantitative estimate of drug-likeness (QED) is 0.275. The number of methoxy groups -OCH3 is 1. The first-order chi connectivity index (χ1) is 18.8. The first-order valence-corrected chi connectivity index (χ1v) is 12.1. The summed E-state index contributed by atoms with van der Waals surface area (Å²) in [7, 11) is 3.01. The molecule has 6 nitrogen and oxygen atoms in total. The van der Waals surface area contributed by atoms with Crippen LogP contribution in [0.1, 0.15) is 16.7 Å². The molecule has 0 heterocycles. The number of nitrogens with one attached hydrogen (secondary N) is 1. The molecule has 0 aromatic heterocycles. The van der Waals surface area contributed by atoms with Crippen LogP contribution in [-0.2, 0) is 16.6 Å². The Bertz CT molecular complexity index is 1190. The Morgan fingerprint density at radius 2 is 1.32 bits per heavy atom. The third kappa shape index (κ3) is 8.80. The minimum atomic E-state index is -4.97. The fourth-order valence-corrected chi connectivity index (χ4v) is 4.25. The topological polar surface area (TPSA) is 60.0 Å². The lowest BCUT2D eigenvalue weighted by molar-refractivity contribution is -0.275. The highest BCUT2D eigenvalue weighted by atomic mass is 19.4. The SMILES string of the molecule is COCCN(C)C(=O)NCC(Cc1ccccc1)(c1cccc(OC(F)(F)F)c1)c1cccc(OC(F)(F)F)c1. The fourth-order valence-electron chi connectivity index (χ4n) is 4.25. The minimum absolute atomic E-state index is 0.0981. The molecule has 0 saturated carbocycles. The molecule has 0 bridgehead atoms. The largest absolute Gasteiger partial charge is 0.573 e. The molecule has 0 fully saturated rings. The van der Waals surface area contributed by atoms with E-state index in [2.05, 4.69) is 14.8 Å². The second kappa shape index (κ2) is 12.9. The zero-order valence-electron chi connectivity index (χ0n) is 21.7. The van der Waals surface area contributed by atoms with Crippen molar-refractivity contribution in [3.63, 3.8) is 0 Å². The molecule has 3 aromatic rings. The summed E-state index contributed by atoms with van der Waals surface area (Å²) >= 11 is 0. The van der Waals surface area contributed by atoms with E-state index in [1.807, 2.05) is 0 Å². The standard InChI is InChI=1S/C28H28F6N2O4/c1-36(14-15-38-2)25(37)35-19-26(18-20-8-4-3-5-9-20,21-10-6-12-23(16-21)39-27(29,30)31)22-11-7-13-24(17-22)40-28(32,33)34/h3-13,16-17H,14-15,18-19H2,1-2H3,(H,35,37). The zero-order valence-corrected chi connectivity index (χ0v) is 21.7. The molecule has 0 radical (unpaired) electrons. The van der Waals surface area contributed by atoms with Crippen molar-refractivity contribution in [1.82, 2.24) is 10.2 Å². The summed E-state index contributed by atoms with van der Waals surface area (Å²) in [5.74, 6) is -1.04. The van der Waals surface area contributed by atoms with Gasteiger partial charge in [-0.25, -0.2) is 4.79 Å². The molecule has 3 aromatic carbocycles. The Morgan fingerprint density at radius 1 is 0.800 bits per heavy atom. The number of hydrogen-bond acceptors (Lipinski definition) is 4. The van der Waals surface area contributed by atoms with Crippen molar-refractivity contribution < 1.29 is 45.3 Å². The van der Waals surface area contributed by atoms with Gasteiger partial charge in [-0.05, 0) is 47.4 Å². The molecule has 216 valence electrons. The van der Waals surface area contributed by atoms with Gasteiger partial charge in [0.2, 0.25) is 0 Å². The number of urea groups is 1. The number of hydrogen-bond donors (Lipinski definition) is 1. The summed E-state index contributed by atoms with van der Waals surface area (Å²) in [4.78, 5) is 14.3. The number of halogens is 6. The van der Waals surface area contributed by atoms with Crippen LogP contribution in [0.4, 0.5) is 31.1 Å². The summed E-state index contributed by atoms with van der Waals surface area (Å²) < 4.78 is 91.7. The maximum atomic E-state index is 13.1. The second-order valence-corrected chi connectivity index (χ2v) is 8.97. The highest BCUT2D eigenvalue weighted by molar-refractivity contribution is 5.74. The predicted molar refractivity (Wildman–Crippen MR) is 135 cm³/mol. The summed E-state index contributed by atoms with van der Waals surface area (Å²) in [5.41, 5.74) is -0.104. The molecule has 0 spiro atoms. The van der Waals surface area contributed by atoms with Gasteiger partial charge in [0, 0.05) is 32.7 Å². The van der Waals surface area contributed by atoms with E-state index in [1.54, 1.807) is 30.3 Å². The Morgan fingerprint density at radius 3 is 1.80 bits per heavy atom. The van der Waals surface area contributed by atoms with E-state index in [9.17, 15) is 31.1 Å². The molecule has 0 unspecified atom stereocenters. The van der Waals surface area contributed by atoms with Crippen LogP contribution in [-0.4, -0.2) is 57.5 Å². The van der Waals surface area contributed by atoms with E-state index < -0.39 is 35.7 Å². The average Bonchev–Trinajstić information content (AvgIpc) is 2.88. The summed E-state index contributed by atoms with van der Waals surface area (Å²) in [6.45, 7) is 0.313. The Balaban J connectivity index is 2.18. The van der Waals surface area contributed by atoms with E-state index in [0.29, 0.717) is 5.56 Å². The van der Waals surface area contributed by atoms with Gasteiger partial charge in [-0.1, -0.05) is 54.6 Å². The van der Waals surface area contributed by atoms with E-state index in [-0.39, 0.29) is 37.2 Å². The van der Waals surface area contributed by atoms with Crippen LogP contribution < -0.4 is 14.8 Å². The van der Waals surface area contributed by atoms with Crippen molar-refractivity contribution in [2.45, 2.75) is 24.6 Å². The molecule has 0 aliphatic heterocycles. The van der Waals surface area contributed by atoms with Crippen LogP contribution in [0.15, 0.2) is 78.9 Å². The molecule has 3 rings (SSSR count). The van der Waals surface area contributed by atoms with Gasteiger partial charge in [-0.15, -0.1) is 26.3 Å². The monoisotopic (exact) mass is 570 g/mol. The van der Waals surface area contributed by atoms with Crippen LogP contribution in [0.2, 0.25) is 0 Å². The molecule has 2 amide bonds. The van der Waals surface area contributed by atoms with E-state index >= 15 is 0 Å². The molecular weight excluding hydrogens is 542 g/mol. The number of carbonyl (C=O) groups is 1. The highest BCUT2D eigenvalue weighted by Crippen LogP contribution is 2.40. The zero-order chi connectivity index (χ0) is 29.4. The van der Waals surface area contributed by atoms with Gasteiger partial charge < -0.3 is 24.4 Å². The number of amides is 2. The van der Waals surface area contributed by atoms with Crippen molar-refractivity contribution >= 4 is 6.03 Å². The Labute approximate surface area is 227 Å². The number of ether oxygens (including phenoxy) is 3. The number of rotatable bonds is 11. The fraction of sp³-hybridized carbons (Fsp3) is 0.321. The summed E-state index contributed by atoms with van der Waals surface area (Å²) in [6.07, 6.45) is -9.85. The van der Waals surface area contributed by atoms with Crippen LogP contribution in [0.3, 0.4) is 0 Å². The normalized spacial score (nSPS) is 12.1. The lowest BCUT2D eigenvalue weighted by atomic mass is 9.70. The Kier molecular flexibility index (Phi) is 9.91. The number of carbonyl (C=O) groups excluding carboxylic acids is 1. The lowest BCUT2D eigenvalue weighted by Gasteiger charge is -2.37. The van der Waals surface area contributed by atoms with Gasteiger partial charge in [0.1, 0.15) is 11.5 Å². The highest BCUT2D eigenvalue weighted by Gasteiger charge is 2.38. The predicted octanol–water partition coefficient (Wildman–Crippen LogP) is 6.30. The van der Waals surface area contributed by atoms with Crippen LogP contribution in [0.5, 0.6) is 11.5 Å². The van der Waals surface area contributed by atoms with E-state index in [0.717, 1.165) is 24.3 Å². The van der Waals surface area contributed by atoms with Crippen molar-refractivity contribution in [2.75, 3.05) is 33.9 Å². The molecule has 0 aliphatic rings. The third-order valence-electron chi connectivity index (χ3n) is 6.11. The van der Waals surface area contributed by atoms with Gasteiger partial charge in [-0.3, -0.25) is 0 Å². The molecule has 0 atom stereocenters. The number of alkyl halides is 6. The summed E-state index contributed by atoms with van der Waals surface area (Å²) in [5, 5.41) is 2.79. The van der Waals surface area contributed by atoms with Gasteiger partial charge in [0.15, 0.2) is 0 Å². The van der Waals surface area contributed by atoms with Crippen LogP contribution in [0.25, 0.3) is 0 Å². The van der Waals surface area contributed by atoms with Crippen LogP contribution >= 0.6 is 0 Å². The van der Waals surface area contributed by atoms with Gasteiger partial charge in [-0.2, -0.15) is 0 Å². The molecule has 0 aliphatic carbocycles. The van der Waals surface area contributed by atoms with E-state index in [4.69, 9.17) is 4.74 Å².